The Labute approximate surface area is 186 Å². The fourth-order valence-corrected chi connectivity index (χ4v) is 2.92. The lowest BCUT2D eigenvalue weighted by atomic mass is 10.2. The maximum Gasteiger partial charge on any atom is 0.464 e. The highest BCUT2D eigenvalue weighted by atomic mass is 127. The van der Waals surface area contributed by atoms with Crippen molar-refractivity contribution >= 4 is 55.4 Å². The minimum atomic E-state index is -8.02. The summed E-state index contributed by atoms with van der Waals surface area (Å²) in [5.41, 5.74) is 0. The van der Waals surface area contributed by atoms with Crippen molar-refractivity contribution in [1.82, 2.24) is 0 Å². The first-order valence-corrected chi connectivity index (χ1v) is 9.51. The molecule has 0 aromatic heterocycles. The third-order valence-corrected chi connectivity index (χ3v) is 5.06. The molecule has 2 unspecified atom stereocenters. The molecule has 0 N–H and O–H groups in total. The molecule has 0 amide bonds. The molecule has 0 spiro atoms. The van der Waals surface area contributed by atoms with Gasteiger partial charge < -0.3 is 0 Å². The van der Waals surface area contributed by atoms with Crippen molar-refractivity contribution in [2.75, 3.05) is 0 Å². The Balaban J connectivity index is 6.62. The molecule has 188 valence electrons. The van der Waals surface area contributed by atoms with Crippen LogP contribution in [0.4, 0.5) is 69.7 Å². The van der Waals surface area contributed by atoms with E-state index in [9.17, 15) is 78.2 Å². The molecule has 0 aromatic carbocycles. The van der Waals surface area contributed by atoms with E-state index in [1.807, 2.05) is 4.74 Å². The van der Waals surface area contributed by atoms with Gasteiger partial charge in [-0.1, -0.05) is 3.89 Å². The third kappa shape index (κ3) is 5.48. The second-order valence-electron chi connectivity index (χ2n) is 4.87. The van der Waals surface area contributed by atoms with Crippen molar-refractivity contribution in [2.45, 2.75) is 43.2 Å². The molecule has 0 saturated carbocycles. The molecule has 31 heavy (non-hydrogen) atoms. The van der Waals surface area contributed by atoms with Crippen LogP contribution in [0.2, 0.25) is 0 Å². The Morgan fingerprint density at radius 2 is 0.968 bits per heavy atom. The first-order chi connectivity index (χ1) is 12.9. The summed E-state index contributed by atoms with van der Waals surface area (Å²) < 4.78 is 219. The fraction of sp³-hybridized carbons (Fsp3) is 1.00. The zero-order valence-electron chi connectivity index (χ0n) is 12.8. The highest BCUT2D eigenvalue weighted by Gasteiger charge is 2.84. The van der Waals surface area contributed by atoms with E-state index in [-0.39, 0.29) is 0 Å². The van der Waals surface area contributed by atoms with Gasteiger partial charge in [0.2, 0.25) is 0 Å². The van der Waals surface area contributed by atoms with Crippen molar-refractivity contribution < 1.29 is 87.6 Å². The number of hydrogen-bond donors (Lipinski definition) is 0. The number of rotatable bonds is 9. The molecule has 0 fully saturated rings. The van der Waals surface area contributed by atoms with Crippen LogP contribution in [-0.4, -0.2) is 51.6 Å². The molecular weight excluding hydrogens is 750 g/mol. The predicted octanol–water partition coefficient (Wildman–Crippen LogP) is 6.05. The van der Waals surface area contributed by atoms with Gasteiger partial charge in [0.25, 0.3) is 0 Å². The summed E-state index contributed by atoms with van der Waals surface area (Å²) in [5.74, 6) is -14.4. The lowest BCUT2D eigenvalue weighted by Crippen LogP contribution is -2.66. The highest BCUT2D eigenvalue weighted by molar-refractivity contribution is 14.1. The van der Waals surface area contributed by atoms with Crippen LogP contribution in [0.15, 0.2) is 0 Å². The van der Waals surface area contributed by atoms with Crippen LogP contribution >= 0.6 is 45.2 Å². The van der Waals surface area contributed by atoms with Crippen molar-refractivity contribution in [3.05, 3.63) is 0 Å². The average Bonchev–Trinajstić information content (AvgIpc) is 2.41. The monoisotopic (exact) mass is 750 g/mol. The van der Waals surface area contributed by atoms with Gasteiger partial charge in [0.1, 0.15) is 0 Å². The van der Waals surface area contributed by atoms with E-state index in [0.717, 1.165) is 0 Å². The van der Waals surface area contributed by atoms with E-state index in [1.165, 1.54) is 4.74 Å². The largest absolute Gasteiger partial charge is 0.464 e. The van der Waals surface area contributed by atoms with Crippen LogP contribution in [0, 0.1) is 0 Å². The van der Waals surface area contributed by atoms with Crippen molar-refractivity contribution in [1.29, 1.82) is 0 Å². The van der Waals surface area contributed by atoms with Crippen molar-refractivity contribution in [2.24, 2.45) is 0 Å². The molecule has 2 atom stereocenters. The number of ether oxygens (including phenoxy) is 2. The molecule has 23 heteroatoms. The fourth-order valence-electron chi connectivity index (χ4n) is 1.12. The summed E-state index contributed by atoms with van der Waals surface area (Å²) in [6, 6.07) is 0. The van der Waals surface area contributed by atoms with E-state index in [0.29, 0.717) is 0 Å². The number of halogens is 18. The Bertz CT molecular complexity index is 773. The third-order valence-electron chi connectivity index (χ3n) is 2.63. The maximum absolute atomic E-state index is 13.7. The molecule has 0 aliphatic carbocycles. The number of alkyl halides is 17. The Hall–Kier alpha value is 0.210. The second kappa shape index (κ2) is 8.16. The molecule has 0 rings (SSSR count). The van der Waals surface area contributed by atoms with Gasteiger partial charge in [-0.25, -0.2) is 0 Å². The van der Waals surface area contributed by atoms with Crippen LogP contribution in [0.25, 0.3) is 0 Å². The summed E-state index contributed by atoms with van der Waals surface area (Å²) in [5, 5.41) is -7.52. The van der Waals surface area contributed by atoms with Crippen LogP contribution in [0.1, 0.15) is 0 Å². The lowest BCUT2D eigenvalue weighted by molar-refractivity contribution is -0.526. The minimum absolute atomic E-state index is 0.653. The van der Waals surface area contributed by atoms with Gasteiger partial charge in [0, 0.05) is 45.2 Å². The quantitative estimate of drug-likeness (QED) is 0.125. The van der Waals surface area contributed by atoms with Gasteiger partial charge in [-0.15, -0.1) is 0 Å². The zero-order chi connectivity index (χ0) is 25.9. The van der Waals surface area contributed by atoms with Crippen LogP contribution in [0.5, 0.6) is 0 Å². The van der Waals surface area contributed by atoms with Crippen molar-refractivity contribution in [3.63, 3.8) is 0 Å². The lowest BCUT2D eigenvalue weighted by Gasteiger charge is -2.40. The molecule has 0 heterocycles. The topological polar surface area (TPSA) is 52.6 Å². The molecular formula is C8F16I2O4S. The van der Waals surface area contributed by atoms with Gasteiger partial charge in [0.15, 0.2) is 0 Å². The van der Waals surface area contributed by atoms with Gasteiger partial charge in [-0.2, -0.15) is 74.3 Å². The molecule has 0 saturated heterocycles. The molecule has 0 aromatic rings. The van der Waals surface area contributed by atoms with Gasteiger partial charge >= 0.3 is 53.4 Å². The van der Waals surface area contributed by atoms with E-state index in [1.54, 1.807) is 0 Å². The zero-order valence-corrected chi connectivity index (χ0v) is 18.0. The van der Waals surface area contributed by atoms with E-state index in [4.69, 9.17) is 0 Å². The summed E-state index contributed by atoms with van der Waals surface area (Å²) in [7, 11) is -8.02. The summed E-state index contributed by atoms with van der Waals surface area (Å²) >= 11 is -1.53. The first-order valence-electron chi connectivity index (χ1n) is 5.97. The summed E-state index contributed by atoms with van der Waals surface area (Å²) in [4.78, 5) is 0. The first kappa shape index (κ1) is 31.2. The second-order valence-corrected chi connectivity index (χ2v) is 9.01. The van der Waals surface area contributed by atoms with Gasteiger partial charge in [0.05, 0.1) is 0 Å². The Kier molecular flexibility index (Phi) is 8.21. The minimum Gasteiger partial charge on any atom is -0.264 e. The average molecular weight is 750 g/mol. The molecule has 4 nitrogen and oxygen atoms in total. The maximum atomic E-state index is 13.7. The van der Waals surface area contributed by atoms with E-state index >= 15 is 0 Å². The normalized spacial score (nSPS) is 19.7. The standard InChI is InChI=1S/C8F16I2O4S/c9-1(10,4(15,16)25)8(23,26)30-5(17,18)2(11,3(12,13)14)29-6(19,20)7(21,22)31(24,27)28. The van der Waals surface area contributed by atoms with Gasteiger partial charge in [-0.05, 0) is 0 Å². The van der Waals surface area contributed by atoms with E-state index in [2.05, 4.69) is 0 Å². The van der Waals surface area contributed by atoms with Crippen LogP contribution < -0.4 is 0 Å². The van der Waals surface area contributed by atoms with Gasteiger partial charge in [-0.3, -0.25) is 9.47 Å². The molecule has 0 aliphatic heterocycles. The summed E-state index contributed by atoms with van der Waals surface area (Å²) in [6.07, 6.45) is -23.1. The number of hydrogen-bond acceptors (Lipinski definition) is 4. The van der Waals surface area contributed by atoms with Crippen molar-refractivity contribution in [3.8, 4) is 0 Å². The highest BCUT2D eigenvalue weighted by Crippen LogP contribution is 2.58. The SMILES string of the molecule is O=S(=O)(F)C(F)(F)C(F)(F)OC(F)(C(F)(F)F)C(F)(F)OC(F)(I)C(F)(F)C(F)(F)I. The Morgan fingerprint density at radius 1 is 0.613 bits per heavy atom. The molecule has 0 radical (unpaired) electrons. The smallest absolute Gasteiger partial charge is 0.264 e. The Morgan fingerprint density at radius 3 is 1.23 bits per heavy atom. The van der Waals surface area contributed by atoms with Crippen LogP contribution in [-0.2, 0) is 19.7 Å². The molecule has 0 bridgehead atoms. The van der Waals surface area contributed by atoms with Crippen LogP contribution in [0.3, 0.4) is 0 Å². The summed E-state index contributed by atoms with van der Waals surface area (Å²) in [6.45, 7) is 0. The predicted molar refractivity (Wildman–Crippen MR) is 78.7 cm³/mol. The molecule has 0 aliphatic rings. The van der Waals surface area contributed by atoms with E-state index < -0.39 is 98.6 Å².